The van der Waals surface area contributed by atoms with E-state index in [0.29, 0.717) is 26.2 Å². The molecular weight excluding hydrogens is 330 g/mol. The molecule has 0 bridgehead atoms. The monoisotopic (exact) mass is 361 g/mol. The molecule has 144 valence electrons. The van der Waals surface area contributed by atoms with Crippen molar-refractivity contribution < 1.29 is 19.1 Å². The number of hydrogen-bond donors (Lipinski definition) is 0. The summed E-state index contributed by atoms with van der Waals surface area (Å²) in [5, 5.41) is 0. The van der Waals surface area contributed by atoms with Gasteiger partial charge in [0.1, 0.15) is 5.75 Å². The molecule has 1 aromatic carbocycles. The highest BCUT2D eigenvalue weighted by Crippen LogP contribution is 2.24. The van der Waals surface area contributed by atoms with Gasteiger partial charge in [-0.25, -0.2) is 0 Å². The van der Waals surface area contributed by atoms with E-state index in [4.69, 9.17) is 9.47 Å². The van der Waals surface area contributed by atoms with E-state index in [1.165, 1.54) is 6.42 Å². The van der Waals surface area contributed by atoms with Gasteiger partial charge in [-0.2, -0.15) is 0 Å². The average Bonchev–Trinajstić information content (AvgIpc) is 2.65. The van der Waals surface area contributed by atoms with Crippen molar-refractivity contribution in [2.75, 3.05) is 19.8 Å². The smallest absolute Gasteiger partial charge is 0.307 e. The molecule has 0 saturated heterocycles. The minimum absolute atomic E-state index is 0.0883. The lowest BCUT2D eigenvalue weighted by atomic mass is 9.93. The van der Waals surface area contributed by atoms with Crippen molar-refractivity contribution in [3.63, 3.8) is 0 Å². The molecule has 0 N–H and O–H groups in total. The summed E-state index contributed by atoms with van der Waals surface area (Å²) in [5.41, 5.74) is 0.968. The van der Waals surface area contributed by atoms with E-state index < -0.39 is 0 Å². The Morgan fingerprint density at radius 3 is 2.35 bits per heavy atom. The van der Waals surface area contributed by atoms with Crippen LogP contribution >= 0.6 is 0 Å². The summed E-state index contributed by atoms with van der Waals surface area (Å²) in [7, 11) is 0. The van der Waals surface area contributed by atoms with Gasteiger partial charge in [0.2, 0.25) is 5.91 Å². The van der Waals surface area contributed by atoms with Crippen LogP contribution in [0.15, 0.2) is 24.3 Å². The maximum Gasteiger partial charge on any atom is 0.307 e. The summed E-state index contributed by atoms with van der Waals surface area (Å²) in [6.45, 7) is 5.19. The van der Waals surface area contributed by atoms with Crippen molar-refractivity contribution in [3.8, 4) is 5.75 Å². The van der Waals surface area contributed by atoms with Crippen LogP contribution in [0.4, 0.5) is 0 Å². The van der Waals surface area contributed by atoms with Gasteiger partial charge in [-0.15, -0.1) is 0 Å². The maximum absolute atomic E-state index is 12.9. The topological polar surface area (TPSA) is 55.8 Å². The third-order valence-corrected chi connectivity index (χ3v) is 4.79. The zero-order valence-corrected chi connectivity index (χ0v) is 16.0. The standard InChI is InChI=1S/C21H31NO4/c1-3-25-19-12-10-17(11-13-19)16-20(23)22(15-14-21(24)26-4-2)18-8-6-5-7-9-18/h10-13,18H,3-9,14-16H2,1-2H3. The Bertz CT molecular complexity index is 564. The molecule has 26 heavy (non-hydrogen) atoms. The average molecular weight is 361 g/mol. The molecule has 2 rings (SSSR count). The first-order valence-electron chi connectivity index (χ1n) is 9.80. The predicted octanol–water partition coefficient (Wildman–Crippen LogP) is 3.74. The Kier molecular flexibility index (Phi) is 8.45. The van der Waals surface area contributed by atoms with Crippen molar-refractivity contribution in [1.82, 2.24) is 4.90 Å². The van der Waals surface area contributed by atoms with E-state index in [1.54, 1.807) is 6.92 Å². The molecule has 5 nitrogen and oxygen atoms in total. The second-order valence-electron chi connectivity index (χ2n) is 6.69. The number of esters is 1. The Morgan fingerprint density at radius 2 is 1.73 bits per heavy atom. The number of carbonyl (C=O) groups is 2. The molecule has 1 aliphatic carbocycles. The SMILES string of the molecule is CCOC(=O)CCN(C(=O)Cc1ccc(OCC)cc1)C1CCCCC1. The molecule has 0 aliphatic heterocycles. The molecule has 1 fully saturated rings. The number of benzene rings is 1. The second kappa shape index (κ2) is 10.8. The third-order valence-electron chi connectivity index (χ3n) is 4.79. The molecule has 0 radical (unpaired) electrons. The number of nitrogens with zero attached hydrogens (tertiary/aromatic N) is 1. The minimum Gasteiger partial charge on any atom is -0.494 e. The summed E-state index contributed by atoms with van der Waals surface area (Å²) >= 11 is 0. The van der Waals surface area contributed by atoms with Gasteiger partial charge in [0, 0.05) is 12.6 Å². The van der Waals surface area contributed by atoms with Crippen molar-refractivity contribution in [2.45, 2.75) is 64.8 Å². The van der Waals surface area contributed by atoms with Crippen molar-refractivity contribution in [3.05, 3.63) is 29.8 Å². The van der Waals surface area contributed by atoms with Crippen LogP contribution in [0.2, 0.25) is 0 Å². The fourth-order valence-corrected chi connectivity index (χ4v) is 3.49. The highest BCUT2D eigenvalue weighted by molar-refractivity contribution is 5.80. The maximum atomic E-state index is 12.9. The first-order valence-corrected chi connectivity index (χ1v) is 9.80. The van der Waals surface area contributed by atoms with E-state index in [9.17, 15) is 9.59 Å². The number of ether oxygens (including phenoxy) is 2. The highest BCUT2D eigenvalue weighted by Gasteiger charge is 2.26. The van der Waals surface area contributed by atoms with Crippen LogP contribution < -0.4 is 4.74 Å². The number of carbonyl (C=O) groups excluding carboxylic acids is 2. The van der Waals surface area contributed by atoms with E-state index in [1.807, 2.05) is 36.1 Å². The van der Waals surface area contributed by atoms with Crippen LogP contribution in [0.25, 0.3) is 0 Å². The summed E-state index contributed by atoms with van der Waals surface area (Å²) in [6.07, 6.45) is 6.20. The summed E-state index contributed by atoms with van der Waals surface area (Å²) in [5.74, 6) is 0.669. The molecule has 0 unspecified atom stereocenters. The van der Waals surface area contributed by atoms with Crippen LogP contribution in [-0.2, 0) is 20.7 Å². The number of hydrogen-bond acceptors (Lipinski definition) is 4. The third kappa shape index (κ3) is 6.36. The minimum atomic E-state index is -0.234. The number of rotatable bonds is 9. The first kappa shape index (κ1) is 20.3. The molecule has 0 spiro atoms. The van der Waals surface area contributed by atoms with Gasteiger partial charge in [0.25, 0.3) is 0 Å². The van der Waals surface area contributed by atoms with Gasteiger partial charge in [-0.3, -0.25) is 9.59 Å². The first-order chi connectivity index (χ1) is 12.6. The zero-order chi connectivity index (χ0) is 18.8. The molecule has 1 aromatic rings. The number of amides is 1. The van der Waals surface area contributed by atoms with Gasteiger partial charge >= 0.3 is 5.97 Å². The molecular formula is C21H31NO4. The quantitative estimate of drug-likeness (QED) is 0.629. The molecule has 5 heteroatoms. The van der Waals surface area contributed by atoms with Gasteiger partial charge in [-0.1, -0.05) is 31.4 Å². The summed E-state index contributed by atoms with van der Waals surface area (Å²) < 4.78 is 10.5. The lowest BCUT2D eigenvalue weighted by molar-refractivity contribution is -0.144. The summed E-state index contributed by atoms with van der Waals surface area (Å²) in [4.78, 5) is 26.6. The van der Waals surface area contributed by atoms with Gasteiger partial charge in [0.15, 0.2) is 0 Å². The normalized spacial score (nSPS) is 14.7. The fraction of sp³-hybridized carbons (Fsp3) is 0.619. The van der Waals surface area contributed by atoms with Gasteiger partial charge < -0.3 is 14.4 Å². The van der Waals surface area contributed by atoms with Crippen LogP contribution in [0, 0.1) is 0 Å². The van der Waals surface area contributed by atoms with E-state index in [2.05, 4.69) is 0 Å². The fourth-order valence-electron chi connectivity index (χ4n) is 3.49. The molecule has 1 aliphatic rings. The molecule has 0 heterocycles. The van der Waals surface area contributed by atoms with Crippen molar-refractivity contribution >= 4 is 11.9 Å². The van der Waals surface area contributed by atoms with Gasteiger partial charge in [0.05, 0.1) is 26.1 Å². The Balaban J connectivity index is 1.99. The predicted molar refractivity (Wildman–Crippen MR) is 101 cm³/mol. The van der Waals surface area contributed by atoms with Crippen LogP contribution in [-0.4, -0.2) is 42.6 Å². The highest BCUT2D eigenvalue weighted by atomic mass is 16.5. The lowest BCUT2D eigenvalue weighted by Gasteiger charge is -2.34. The van der Waals surface area contributed by atoms with E-state index in [-0.39, 0.29) is 24.3 Å². The lowest BCUT2D eigenvalue weighted by Crippen LogP contribution is -2.43. The molecule has 0 atom stereocenters. The molecule has 1 amide bonds. The Hall–Kier alpha value is -2.04. The molecule has 1 saturated carbocycles. The largest absolute Gasteiger partial charge is 0.494 e. The summed E-state index contributed by atoms with van der Waals surface area (Å²) in [6, 6.07) is 7.92. The van der Waals surface area contributed by atoms with Crippen molar-refractivity contribution in [2.24, 2.45) is 0 Å². The van der Waals surface area contributed by atoms with Gasteiger partial charge in [-0.05, 0) is 44.4 Å². The molecule has 0 aromatic heterocycles. The van der Waals surface area contributed by atoms with E-state index in [0.717, 1.165) is 37.0 Å². The van der Waals surface area contributed by atoms with E-state index >= 15 is 0 Å². The Morgan fingerprint density at radius 1 is 1.04 bits per heavy atom. The van der Waals surface area contributed by atoms with Crippen LogP contribution in [0.1, 0.15) is 57.9 Å². The van der Waals surface area contributed by atoms with Crippen LogP contribution in [0.3, 0.4) is 0 Å². The van der Waals surface area contributed by atoms with Crippen molar-refractivity contribution in [1.29, 1.82) is 0 Å². The van der Waals surface area contributed by atoms with Crippen LogP contribution in [0.5, 0.6) is 5.75 Å². The Labute approximate surface area is 156 Å². The second-order valence-corrected chi connectivity index (χ2v) is 6.69. The zero-order valence-electron chi connectivity index (χ0n) is 16.0.